The Morgan fingerprint density at radius 2 is 1.65 bits per heavy atom. The number of nitrogens with zero attached hydrogens (tertiary/aromatic N) is 2. The third-order valence-electron chi connectivity index (χ3n) is 5.78. The Bertz CT molecular complexity index is 955. The number of likely N-dealkylation sites (tertiary alicyclic amines) is 1. The van der Waals surface area contributed by atoms with Gasteiger partial charge >= 0.3 is 0 Å². The zero-order valence-corrected chi connectivity index (χ0v) is 18.8. The number of carbonyl (C=O) groups excluding carboxylic acids is 1. The van der Waals surface area contributed by atoms with Gasteiger partial charge < -0.3 is 4.90 Å². The molecule has 1 fully saturated rings. The highest BCUT2D eigenvalue weighted by atomic mass is 32.2. The molecule has 1 N–H and O–H groups in total. The molecule has 0 spiro atoms. The molecule has 0 aliphatic carbocycles. The molecule has 3 rings (SSSR count). The lowest BCUT2D eigenvalue weighted by Crippen LogP contribution is -2.50. The summed E-state index contributed by atoms with van der Waals surface area (Å²) < 4.78 is 40.9. The lowest BCUT2D eigenvalue weighted by Gasteiger charge is -2.37. The zero-order chi connectivity index (χ0) is 22.4. The van der Waals surface area contributed by atoms with E-state index < -0.39 is 15.8 Å². The molecule has 1 aliphatic rings. The number of hydrogen-bond acceptors (Lipinski definition) is 4. The largest absolute Gasteiger partial charge is 0.341 e. The maximum atomic E-state index is 13.4. The van der Waals surface area contributed by atoms with E-state index in [9.17, 15) is 17.6 Å². The summed E-state index contributed by atoms with van der Waals surface area (Å²) in [6.45, 7) is 6.58. The third kappa shape index (κ3) is 5.70. The Morgan fingerprint density at radius 1 is 1.06 bits per heavy atom. The smallest absolute Gasteiger partial charge is 0.244 e. The van der Waals surface area contributed by atoms with Gasteiger partial charge in [-0.15, -0.1) is 0 Å². The van der Waals surface area contributed by atoms with E-state index in [1.54, 1.807) is 0 Å². The molecule has 8 heteroatoms. The second kappa shape index (κ2) is 10.3. The normalized spacial score (nSPS) is 16.5. The first-order valence-corrected chi connectivity index (χ1v) is 12.2. The van der Waals surface area contributed by atoms with Crippen molar-refractivity contribution in [3.63, 3.8) is 0 Å². The monoisotopic (exact) mass is 447 g/mol. The van der Waals surface area contributed by atoms with Gasteiger partial charge in [0.25, 0.3) is 0 Å². The van der Waals surface area contributed by atoms with Crippen LogP contribution in [0.2, 0.25) is 0 Å². The van der Waals surface area contributed by atoms with Gasteiger partial charge in [0, 0.05) is 19.1 Å². The SMILES string of the molecule is CCN(CC)C(C(=O)N1CCC(NS(=O)(=O)c2ccc(F)cc2)CC1)c1ccccc1. The number of hydrogen-bond donors (Lipinski definition) is 1. The topological polar surface area (TPSA) is 69.7 Å². The summed E-state index contributed by atoms with van der Waals surface area (Å²) >= 11 is 0. The lowest BCUT2D eigenvalue weighted by molar-refractivity contribution is -0.138. The van der Waals surface area contributed by atoms with E-state index in [0.29, 0.717) is 25.9 Å². The Hall–Kier alpha value is -2.29. The molecule has 0 aromatic heterocycles. The van der Waals surface area contributed by atoms with Crippen LogP contribution in [0.4, 0.5) is 4.39 Å². The first-order chi connectivity index (χ1) is 14.9. The molecule has 1 aliphatic heterocycles. The van der Waals surface area contributed by atoms with Gasteiger partial charge in [-0.2, -0.15) is 0 Å². The maximum absolute atomic E-state index is 13.4. The second-order valence-corrected chi connectivity index (χ2v) is 9.42. The summed E-state index contributed by atoms with van der Waals surface area (Å²) in [4.78, 5) is 17.4. The van der Waals surface area contributed by atoms with E-state index in [-0.39, 0.29) is 22.9 Å². The molecule has 0 saturated carbocycles. The molecule has 2 aromatic rings. The van der Waals surface area contributed by atoms with Gasteiger partial charge in [-0.25, -0.2) is 17.5 Å². The molecule has 0 bridgehead atoms. The summed E-state index contributed by atoms with van der Waals surface area (Å²) in [6.07, 6.45) is 1.07. The highest BCUT2D eigenvalue weighted by molar-refractivity contribution is 7.89. The van der Waals surface area contributed by atoms with Gasteiger partial charge in [-0.05, 0) is 55.8 Å². The van der Waals surface area contributed by atoms with Crippen molar-refractivity contribution in [1.29, 1.82) is 0 Å². The molecule has 1 unspecified atom stereocenters. The number of piperidine rings is 1. The molecule has 1 atom stereocenters. The fourth-order valence-corrected chi connectivity index (χ4v) is 5.33. The van der Waals surface area contributed by atoms with E-state index in [0.717, 1.165) is 30.8 Å². The number of halogens is 1. The minimum absolute atomic E-state index is 0.0399. The number of amides is 1. The van der Waals surface area contributed by atoms with Crippen molar-refractivity contribution >= 4 is 15.9 Å². The fraction of sp³-hybridized carbons (Fsp3) is 0.435. The molecule has 1 amide bonds. The van der Waals surface area contributed by atoms with Gasteiger partial charge in [-0.1, -0.05) is 44.2 Å². The average Bonchev–Trinajstić information content (AvgIpc) is 2.78. The molecule has 31 heavy (non-hydrogen) atoms. The zero-order valence-electron chi connectivity index (χ0n) is 18.0. The van der Waals surface area contributed by atoms with Gasteiger partial charge in [0.15, 0.2) is 0 Å². The molecule has 6 nitrogen and oxygen atoms in total. The number of nitrogens with one attached hydrogen (secondary N) is 1. The van der Waals surface area contributed by atoms with Gasteiger partial charge in [-0.3, -0.25) is 9.69 Å². The molecule has 168 valence electrons. The quantitative estimate of drug-likeness (QED) is 0.675. The van der Waals surface area contributed by atoms with Crippen LogP contribution in [0.5, 0.6) is 0 Å². The van der Waals surface area contributed by atoms with Crippen molar-refractivity contribution in [1.82, 2.24) is 14.5 Å². The summed E-state index contributed by atoms with van der Waals surface area (Å²) in [6, 6.07) is 13.9. The van der Waals surface area contributed by atoms with Crippen LogP contribution in [0.15, 0.2) is 59.5 Å². The Balaban J connectivity index is 1.66. The van der Waals surface area contributed by atoms with Crippen LogP contribution in [-0.4, -0.2) is 56.3 Å². The van der Waals surface area contributed by atoms with Crippen LogP contribution in [0.1, 0.15) is 38.3 Å². The Kier molecular flexibility index (Phi) is 7.80. The molecular weight excluding hydrogens is 417 g/mol. The molecular formula is C23H30FN3O3S. The summed E-state index contributed by atoms with van der Waals surface area (Å²) in [5.74, 6) is -0.429. The number of likely N-dealkylation sites (N-methyl/N-ethyl adjacent to an activating group) is 1. The van der Waals surface area contributed by atoms with Crippen LogP contribution in [0, 0.1) is 5.82 Å². The van der Waals surface area contributed by atoms with E-state index >= 15 is 0 Å². The van der Waals surface area contributed by atoms with Crippen molar-refractivity contribution in [2.75, 3.05) is 26.2 Å². The van der Waals surface area contributed by atoms with Crippen molar-refractivity contribution in [2.45, 2.75) is 43.7 Å². The van der Waals surface area contributed by atoms with Crippen LogP contribution < -0.4 is 4.72 Å². The van der Waals surface area contributed by atoms with Gasteiger partial charge in [0.05, 0.1) is 4.90 Å². The van der Waals surface area contributed by atoms with Gasteiger partial charge in [0.2, 0.25) is 15.9 Å². The standard InChI is InChI=1S/C23H30FN3O3S/c1-3-26(4-2)22(18-8-6-5-7-9-18)23(28)27-16-14-20(15-17-27)25-31(29,30)21-12-10-19(24)11-13-21/h5-13,20,22,25H,3-4,14-17H2,1-2H3. The summed E-state index contributed by atoms with van der Waals surface area (Å²) in [5, 5.41) is 0. The predicted octanol–water partition coefficient (Wildman–Crippen LogP) is 3.18. The maximum Gasteiger partial charge on any atom is 0.244 e. The summed E-state index contributed by atoms with van der Waals surface area (Å²) in [5.41, 5.74) is 0.968. The van der Waals surface area contributed by atoms with Crippen LogP contribution in [-0.2, 0) is 14.8 Å². The van der Waals surface area contributed by atoms with Crippen LogP contribution in [0.3, 0.4) is 0 Å². The number of carbonyl (C=O) groups is 1. The van der Waals surface area contributed by atoms with Crippen molar-refractivity contribution in [3.05, 3.63) is 66.0 Å². The number of benzene rings is 2. The van der Waals surface area contributed by atoms with E-state index in [4.69, 9.17) is 0 Å². The highest BCUT2D eigenvalue weighted by Gasteiger charge is 2.33. The third-order valence-corrected chi connectivity index (χ3v) is 7.32. The second-order valence-electron chi connectivity index (χ2n) is 7.71. The van der Waals surface area contributed by atoms with E-state index in [2.05, 4.69) is 9.62 Å². The minimum atomic E-state index is -3.72. The molecule has 1 saturated heterocycles. The van der Waals surface area contributed by atoms with Crippen LogP contribution >= 0.6 is 0 Å². The first-order valence-electron chi connectivity index (χ1n) is 10.7. The van der Waals surface area contributed by atoms with Crippen LogP contribution in [0.25, 0.3) is 0 Å². The minimum Gasteiger partial charge on any atom is -0.341 e. The van der Waals surface area contributed by atoms with E-state index in [1.807, 2.05) is 49.1 Å². The Labute approximate surface area is 184 Å². The average molecular weight is 448 g/mol. The van der Waals surface area contributed by atoms with Crippen molar-refractivity contribution in [3.8, 4) is 0 Å². The molecule has 0 radical (unpaired) electrons. The Morgan fingerprint density at radius 3 is 2.19 bits per heavy atom. The van der Waals surface area contributed by atoms with Crippen molar-refractivity contribution < 1.29 is 17.6 Å². The van der Waals surface area contributed by atoms with Crippen molar-refractivity contribution in [2.24, 2.45) is 0 Å². The first kappa shape index (κ1) is 23.4. The fourth-order valence-electron chi connectivity index (χ4n) is 4.03. The summed E-state index contributed by atoms with van der Waals surface area (Å²) in [7, 11) is -3.72. The molecule has 2 aromatic carbocycles. The molecule has 1 heterocycles. The van der Waals surface area contributed by atoms with Gasteiger partial charge in [0.1, 0.15) is 11.9 Å². The highest BCUT2D eigenvalue weighted by Crippen LogP contribution is 2.25. The lowest BCUT2D eigenvalue weighted by atomic mass is 10.0. The predicted molar refractivity (Wildman–Crippen MR) is 118 cm³/mol. The number of rotatable bonds is 8. The van der Waals surface area contributed by atoms with E-state index in [1.165, 1.54) is 12.1 Å². The number of sulfonamides is 1.